The van der Waals surface area contributed by atoms with Gasteiger partial charge in [0.25, 0.3) is 0 Å². The largest absolute Gasteiger partial charge is 0.471 e. The maximum Gasteiger partial charge on any atom is 0.339 e. The lowest BCUT2D eigenvalue weighted by Gasteiger charge is -2.27. The summed E-state index contributed by atoms with van der Waals surface area (Å²) in [6.07, 6.45) is 0. The third-order valence-electron chi connectivity index (χ3n) is 4.39. The summed E-state index contributed by atoms with van der Waals surface area (Å²) in [4.78, 5) is 24.9. The molecular weight excluding hydrogens is 344 g/mol. The first-order valence-corrected chi connectivity index (χ1v) is 8.62. The maximum absolute atomic E-state index is 12.5. The lowest BCUT2D eigenvalue weighted by atomic mass is 9.81. The van der Waals surface area contributed by atoms with Crippen LogP contribution in [0.15, 0.2) is 72.1 Å². The number of urea groups is 1. The molecule has 6 heteroatoms. The van der Waals surface area contributed by atoms with Crippen LogP contribution in [0.5, 0.6) is 0 Å². The molecule has 0 bridgehead atoms. The third kappa shape index (κ3) is 3.95. The van der Waals surface area contributed by atoms with E-state index in [0.717, 1.165) is 5.56 Å². The monoisotopic (exact) mass is 366 g/mol. The minimum Gasteiger partial charge on any atom is -0.471 e. The van der Waals surface area contributed by atoms with Gasteiger partial charge in [-0.25, -0.2) is 9.59 Å². The molecule has 6 nitrogen and oxygen atoms in total. The van der Waals surface area contributed by atoms with Gasteiger partial charge in [-0.3, -0.25) is 5.32 Å². The molecule has 0 fully saturated rings. The molecule has 1 aliphatic heterocycles. The summed E-state index contributed by atoms with van der Waals surface area (Å²) in [5.41, 5.74) is 1.09. The molecule has 0 saturated heterocycles. The fraction of sp³-hybridized carbons (Fsp3) is 0.238. The van der Waals surface area contributed by atoms with Crippen molar-refractivity contribution in [3.8, 4) is 0 Å². The molecule has 1 unspecified atom stereocenters. The van der Waals surface area contributed by atoms with Gasteiger partial charge in [0.05, 0.1) is 13.0 Å². The molecule has 0 spiro atoms. The van der Waals surface area contributed by atoms with Crippen molar-refractivity contribution < 1.29 is 19.1 Å². The maximum atomic E-state index is 12.5. The molecule has 2 amide bonds. The van der Waals surface area contributed by atoms with Crippen molar-refractivity contribution in [1.82, 2.24) is 5.32 Å². The SMILES string of the molecule is COC(=O)C1=C(NC(=O)Nc2ccccc2)OC(C)(C)C1c1ccccc1. The molecule has 1 atom stereocenters. The number of benzene rings is 2. The number of carbonyl (C=O) groups is 2. The zero-order valence-electron chi connectivity index (χ0n) is 15.5. The number of methoxy groups -OCH3 is 1. The van der Waals surface area contributed by atoms with E-state index in [-0.39, 0.29) is 17.4 Å². The predicted molar refractivity (Wildman–Crippen MR) is 102 cm³/mol. The number of hydrogen-bond acceptors (Lipinski definition) is 4. The summed E-state index contributed by atoms with van der Waals surface area (Å²) in [5, 5.41) is 5.37. The normalized spacial score (nSPS) is 17.8. The van der Waals surface area contributed by atoms with Crippen LogP contribution >= 0.6 is 0 Å². The highest BCUT2D eigenvalue weighted by Crippen LogP contribution is 2.45. The van der Waals surface area contributed by atoms with Crippen molar-refractivity contribution in [3.05, 3.63) is 77.7 Å². The van der Waals surface area contributed by atoms with Crippen molar-refractivity contribution in [2.45, 2.75) is 25.4 Å². The van der Waals surface area contributed by atoms with Crippen LogP contribution < -0.4 is 10.6 Å². The summed E-state index contributed by atoms with van der Waals surface area (Å²) >= 11 is 0. The summed E-state index contributed by atoms with van der Waals surface area (Å²) in [6.45, 7) is 3.74. The van der Waals surface area contributed by atoms with Crippen LogP contribution in [0.4, 0.5) is 10.5 Å². The highest BCUT2D eigenvalue weighted by molar-refractivity contribution is 5.95. The van der Waals surface area contributed by atoms with Gasteiger partial charge in [0.2, 0.25) is 5.88 Å². The topological polar surface area (TPSA) is 76.7 Å². The molecule has 1 heterocycles. The summed E-state index contributed by atoms with van der Waals surface area (Å²) < 4.78 is 10.9. The number of esters is 1. The van der Waals surface area contributed by atoms with Gasteiger partial charge >= 0.3 is 12.0 Å². The number of hydrogen-bond donors (Lipinski definition) is 2. The summed E-state index contributed by atoms with van der Waals surface area (Å²) in [7, 11) is 1.31. The van der Waals surface area contributed by atoms with Gasteiger partial charge in [-0.15, -0.1) is 0 Å². The minimum atomic E-state index is -0.736. The molecule has 0 aliphatic carbocycles. The van der Waals surface area contributed by atoms with E-state index in [1.165, 1.54) is 7.11 Å². The number of amides is 2. The Morgan fingerprint density at radius 1 is 0.963 bits per heavy atom. The van der Waals surface area contributed by atoms with Crippen molar-refractivity contribution in [2.24, 2.45) is 0 Å². The molecule has 27 heavy (non-hydrogen) atoms. The van der Waals surface area contributed by atoms with Crippen LogP contribution in [-0.2, 0) is 14.3 Å². The fourth-order valence-electron chi connectivity index (χ4n) is 3.27. The quantitative estimate of drug-likeness (QED) is 0.807. The van der Waals surface area contributed by atoms with Gasteiger partial charge in [-0.05, 0) is 31.5 Å². The van der Waals surface area contributed by atoms with Gasteiger partial charge in [-0.2, -0.15) is 0 Å². The van der Waals surface area contributed by atoms with Gasteiger partial charge in [0.1, 0.15) is 11.2 Å². The number of nitrogens with one attached hydrogen (secondary N) is 2. The lowest BCUT2D eigenvalue weighted by molar-refractivity contribution is -0.136. The molecule has 2 N–H and O–H groups in total. The molecule has 2 aromatic rings. The minimum absolute atomic E-state index is 0.106. The number of para-hydroxylation sites is 1. The van der Waals surface area contributed by atoms with Crippen LogP contribution in [0, 0.1) is 0 Å². The second kappa shape index (κ2) is 7.53. The van der Waals surface area contributed by atoms with E-state index >= 15 is 0 Å². The zero-order valence-corrected chi connectivity index (χ0v) is 15.5. The molecular formula is C21H22N2O4. The van der Waals surface area contributed by atoms with Crippen molar-refractivity contribution in [1.29, 1.82) is 0 Å². The smallest absolute Gasteiger partial charge is 0.339 e. The van der Waals surface area contributed by atoms with E-state index in [0.29, 0.717) is 5.69 Å². The standard InChI is InChI=1S/C21H22N2O4/c1-21(2)17(14-10-6-4-7-11-14)16(19(24)26-3)18(27-21)23-20(25)22-15-12-8-5-9-13-15/h4-13,17H,1-3H3,(H2,22,23,25). The van der Waals surface area contributed by atoms with Gasteiger partial charge in [0, 0.05) is 5.69 Å². The average molecular weight is 366 g/mol. The second-order valence-corrected chi connectivity index (χ2v) is 6.73. The third-order valence-corrected chi connectivity index (χ3v) is 4.39. The Morgan fingerprint density at radius 2 is 1.56 bits per heavy atom. The Morgan fingerprint density at radius 3 is 2.15 bits per heavy atom. The Balaban J connectivity index is 1.92. The van der Waals surface area contributed by atoms with Crippen LogP contribution in [0.1, 0.15) is 25.3 Å². The van der Waals surface area contributed by atoms with Gasteiger partial charge < -0.3 is 14.8 Å². The second-order valence-electron chi connectivity index (χ2n) is 6.73. The lowest BCUT2D eigenvalue weighted by Crippen LogP contribution is -2.32. The van der Waals surface area contributed by atoms with E-state index in [9.17, 15) is 9.59 Å². The Labute approximate surface area is 158 Å². The zero-order chi connectivity index (χ0) is 19.4. The Bertz CT molecular complexity index is 860. The summed E-state index contributed by atoms with van der Waals surface area (Å²) in [6, 6.07) is 18.1. The van der Waals surface area contributed by atoms with Crippen LogP contribution in [0.3, 0.4) is 0 Å². The van der Waals surface area contributed by atoms with E-state index < -0.39 is 17.6 Å². The predicted octanol–water partition coefficient (Wildman–Crippen LogP) is 3.79. The van der Waals surface area contributed by atoms with Crippen LogP contribution in [0.2, 0.25) is 0 Å². The van der Waals surface area contributed by atoms with E-state index in [2.05, 4.69) is 10.6 Å². The molecule has 3 rings (SSSR count). The van der Waals surface area contributed by atoms with Gasteiger partial charge in [0.15, 0.2) is 0 Å². The van der Waals surface area contributed by atoms with Crippen molar-refractivity contribution >= 4 is 17.7 Å². The molecule has 140 valence electrons. The number of rotatable bonds is 4. The molecule has 2 aromatic carbocycles. The highest BCUT2D eigenvalue weighted by Gasteiger charge is 2.48. The first-order valence-electron chi connectivity index (χ1n) is 8.62. The first-order chi connectivity index (χ1) is 12.9. The van der Waals surface area contributed by atoms with E-state index in [1.807, 2.05) is 62.4 Å². The molecule has 1 aliphatic rings. The van der Waals surface area contributed by atoms with Crippen molar-refractivity contribution in [2.75, 3.05) is 12.4 Å². The highest BCUT2D eigenvalue weighted by atomic mass is 16.5. The van der Waals surface area contributed by atoms with Crippen LogP contribution in [0.25, 0.3) is 0 Å². The number of ether oxygens (including phenoxy) is 2. The summed E-state index contributed by atoms with van der Waals surface area (Å²) in [5.74, 6) is -0.809. The number of carbonyl (C=O) groups excluding carboxylic acids is 2. The van der Waals surface area contributed by atoms with Crippen LogP contribution in [-0.4, -0.2) is 24.7 Å². The average Bonchev–Trinajstić information content (AvgIpc) is 2.92. The molecule has 0 radical (unpaired) electrons. The van der Waals surface area contributed by atoms with E-state index in [1.54, 1.807) is 12.1 Å². The molecule has 0 aromatic heterocycles. The van der Waals surface area contributed by atoms with E-state index in [4.69, 9.17) is 9.47 Å². The van der Waals surface area contributed by atoms with Crippen molar-refractivity contribution in [3.63, 3.8) is 0 Å². The van der Waals surface area contributed by atoms with Gasteiger partial charge in [-0.1, -0.05) is 48.5 Å². The Kier molecular flexibility index (Phi) is 5.16. The fourth-order valence-corrected chi connectivity index (χ4v) is 3.27. The number of anilines is 1. The molecule has 0 saturated carbocycles. The first kappa shape index (κ1) is 18.5. The Hall–Kier alpha value is -3.28.